The average Bonchev–Trinajstić information content (AvgIpc) is 3.17. The standard InChI is InChI=1S/C22H20BrN5O3/c1-14(2)27-13-24-22-26-18(11-20(29)28(22)27)12-31-19-8-4-7-17(10-19)25-21(30)15-5-3-6-16(23)9-15/h3-11,13-14H,12H2,1-2H3,(H,25,30). The Balaban J connectivity index is 1.47. The number of benzene rings is 2. The van der Waals surface area contributed by atoms with Crippen molar-refractivity contribution in [2.75, 3.05) is 5.32 Å². The molecule has 0 radical (unpaired) electrons. The molecule has 0 atom stereocenters. The van der Waals surface area contributed by atoms with Gasteiger partial charge in [-0.1, -0.05) is 28.1 Å². The number of hydrogen-bond acceptors (Lipinski definition) is 5. The third-order valence-corrected chi connectivity index (χ3v) is 5.04. The minimum atomic E-state index is -0.223. The lowest BCUT2D eigenvalue weighted by atomic mass is 10.2. The largest absolute Gasteiger partial charge is 0.487 e. The second kappa shape index (κ2) is 8.73. The maximum absolute atomic E-state index is 12.5. The Morgan fingerprint density at radius 3 is 2.74 bits per heavy atom. The van der Waals surface area contributed by atoms with Gasteiger partial charge in [0.1, 0.15) is 18.7 Å². The second-order valence-corrected chi connectivity index (χ2v) is 8.11. The highest BCUT2D eigenvalue weighted by Gasteiger charge is 2.11. The Morgan fingerprint density at radius 1 is 1.16 bits per heavy atom. The zero-order valence-electron chi connectivity index (χ0n) is 16.9. The molecule has 0 fully saturated rings. The maximum atomic E-state index is 12.5. The van der Waals surface area contributed by atoms with Crippen molar-refractivity contribution in [1.82, 2.24) is 19.2 Å². The predicted octanol–water partition coefficient (Wildman–Crippen LogP) is 4.07. The number of nitrogens with zero attached hydrogens (tertiary/aromatic N) is 4. The van der Waals surface area contributed by atoms with Crippen LogP contribution in [0.5, 0.6) is 5.75 Å². The smallest absolute Gasteiger partial charge is 0.274 e. The van der Waals surface area contributed by atoms with Crippen LogP contribution in [0.1, 0.15) is 35.9 Å². The minimum Gasteiger partial charge on any atom is -0.487 e. The van der Waals surface area contributed by atoms with Gasteiger partial charge in [-0.3, -0.25) is 14.3 Å². The number of carbonyl (C=O) groups excluding carboxylic acids is 1. The molecule has 8 nitrogen and oxygen atoms in total. The van der Waals surface area contributed by atoms with Crippen LogP contribution in [0, 0.1) is 0 Å². The third kappa shape index (κ3) is 4.66. The average molecular weight is 482 g/mol. The first-order valence-electron chi connectivity index (χ1n) is 9.66. The number of fused-ring (bicyclic) bond motifs is 1. The number of rotatable bonds is 6. The number of nitrogens with one attached hydrogen (secondary N) is 1. The van der Waals surface area contributed by atoms with E-state index in [4.69, 9.17) is 4.74 Å². The van der Waals surface area contributed by atoms with Crippen molar-refractivity contribution in [2.45, 2.75) is 26.5 Å². The summed E-state index contributed by atoms with van der Waals surface area (Å²) >= 11 is 3.36. The summed E-state index contributed by atoms with van der Waals surface area (Å²) in [6.45, 7) is 4.03. The highest BCUT2D eigenvalue weighted by molar-refractivity contribution is 9.10. The first kappa shape index (κ1) is 20.8. The number of anilines is 1. The number of halogens is 1. The molecular formula is C22H20BrN5O3. The first-order chi connectivity index (χ1) is 14.9. The lowest BCUT2D eigenvalue weighted by molar-refractivity contribution is 0.102. The molecule has 1 amide bonds. The quantitative estimate of drug-likeness (QED) is 0.448. The summed E-state index contributed by atoms with van der Waals surface area (Å²) in [5, 5.41) is 2.85. The van der Waals surface area contributed by atoms with E-state index >= 15 is 0 Å². The lowest BCUT2D eigenvalue weighted by Crippen LogP contribution is -2.23. The van der Waals surface area contributed by atoms with Crippen LogP contribution in [0.15, 0.2) is 70.2 Å². The third-order valence-electron chi connectivity index (χ3n) is 4.55. The van der Waals surface area contributed by atoms with Crippen molar-refractivity contribution in [3.05, 3.63) is 87.0 Å². The molecule has 0 aliphatic carbocycles. The topological polar surface area (TPSA) is 90.5 Å². The van der Waals surface area contributed by atoms with Gasteiger partial charge in [0.2, 0.25) is 0 Å². The van der Waals surface area contributed by atoms with E-state index in [2.05, 4.69) is 31.2 Å². The SMILES string of the molecule is CC(C)n1cnc2nc(COc3cccc(NC(=O)c4cccc(Br)c4)c3)cc(=O)n21. The molecule has 158 valence electrons. The van der Waals surface area contributed by atoms with Crippen molar-refractivity contribution in [1.29, 1.82) is 0 Å². The Morgan fingerprint density at radius 2 is 1.97 bits per heavy atom. The first-order valence-corrected chi connectivity index (χ1v) is 10.5. The van der Waals surface area contributed by atoms with Crippen molar-refractivity contribution in [3.63, 3.8) is 0 Å². The molecule has 0 bridgehead atoms. The fourth-order valence-electron chi connectivity index (χ4n) is 3.07. The molecule has 1 N–H and O–H groups in total. The van der Waals surface area contributed by atoms with Crippen LogP contribution >= 0.6 is 15.9 Å². The predicted molar refractivity (Wildman–Crippen MR) is 121 cm³/mol. The Bertz CT molecular complexity index is 1310. The van der Waals surface area contributed by atoms with E-state index in [0.29, 0.717) is 28.5 Å². The Kier molecular flexibility index (Phi) is 5.85. The van der Waals surface area contributed by atoms with E-state index in [1.54, 1.807) is 53.5 Å². The fourth-order valence-corrected chi connectivity index (χ4v) is 3.46. The molecule has 4 aromatic rings. The van der Waals surface area contributed by atoms with Gasteiger partial charge in [-0.2, -0.15) is 9.50 Å². The van der Waals surface area contributed by atoms with Crippen molar-refractivity contribution < 1.29 is 9.53 Å². The van der Waals surface area contributed by atoms with E-state index < -0.39 is 0 Å². The summed E-state index contributed by atoms with van der Waals surface area (Å²) in [5.74, 6) is 0.649. The van der Waals surface area contributed by atoms with E-state index in [1.807, 2.05) is 19.9 Å². The minimum absolute atomic E-state index is 0.0848. The molecule has 2 heterocycles. The molecule has 2 aromatic heterocycles. The monoisotopic (exact) mass is 481 g/mol. The van der Waals surface area contributed by atoms with Gasteiger partial charge in [0.25, 0.3) is 17.2 Å². The van der Waals surface area contributed by atoms with Crippen LogP contribution in [0.25, 0.3) is 5.78 Å². The molecular weight excluding hydrogens is 462 g/mol. The molecule has 0 aliphatic heterocycles. The summed E-state index contributed by atoms with van der Waals surface area (Å²) in [4.78, 5) is 33.5. The number of amides is 1. The molecule has 0 spiro atoms. The Labute approximate surface area is 186 Å². The fraction of sp³-hybridized carbons (Fsp3) is 0.182. The van der Waals surface area contributed by atoms with Gasteiger partial charge in [0.05, 0.1) is 5.69 Å². The number of ether oxygens (including phenoxy) is 1. The van der Waals surface area contributed by atoms with Crippen LogP contribution in [0.2, 0.25) is 0 Å². The summed E-state index contributed by atoms with van der Waals surface area (Å²) in [7, 11) is 0. The van der Waals surface area contributed by atoms with Gasteiger partial charge in [0.15, 0.2) is 0 Å². The zero-order chi connectivity index (χ0) is 22.0. The zero-order valence-corrected chi connectivity index (χ0v) is 18.5. The van der Waals surface area contributed by atoms with Crippen molar-refractivity contribution >= 4 is 33.3 Å². The summed E-state index contributed by atoms with van der Waals surface area (Å²) < 4.78 is 9.79. The molecule has 0 saturated heterocycles. The van der Waals surface area contributed by atoms with Gasteiger partial charge in [0, 0.05) is 33.9 Å². The number of hydrogen-bond donors (Lipinski definition) is 1. The maximum Gasteiger partial charge on any atom is 0.274 e. The second-order valence-electron chi connectivity index (χ2n) is 7.20. The molecule has 0 unspecified atom stereocenters. The van der Waals surface area contributed by atoms with Gasteiger partial charge in [-0.25, -0.2) is 4.98 Å². The van der Waals surface area contributed by atoms with Gasteiger partial charge in [-0.05, 0) is 44.2 Å². The van der Waals surface area contributed by atoms with Gasteiger partial charge in [-0.15, -0.1) is 0 Å². The van der Waals surface area contributed by atoms with Crippen LogP contribution < -0.4 is 15.6 Å². The van der Waals surface area contributed by atoms with Crippen LogP contribution in [-0.4, -0.2) is 25.1 Å². The number of aromatic nitrogens is 4. The molecule has 0 saturated carbocycles. The van der Waals surface area contributed by atoms with E-state index in [0.717, 1.165) is 4.47 Å². The highest BCUT2D eigenvalue weighted by atomic mass is 79.9. The lowest BCUT2D eigenvalue weighted by Gasteiger charge is -2.10. The van der Waals surface area contributed by atoms with Crippen molar-refractivity contribution in [2.24, 2.45) is 0 Å². The normalized spacial score (nSPS) is 11.1. The summed E-state index contributed by atoms with van der Waals surface area (Å²) in [5.41, 5.74) is 1.40. The summed E-state index contributed by atoms with van der Waals surface area (Å²) in [6.07, 6.45) is 1.59. The van der Waals surface area contributed by atoms with Crippen LogP contribution in [-0.2, 0) is 6.61 Å². The number of carbonyl (C=O) groups is 1. The van der Waals surface area contributed by atoms with E-state index in [-0.39, 0.29) is 24.1 Å². The summed E-state index contributed by atoms with van der Waals surface area (Å²) in [6, 6.07) is 15.7. The van der Waals surface area contributed by atoms with E-state index in [1.165, 1.54) is 10.6 Å². The molecule has 2 aromatic carbocycles. The van der Waals surface area contributed by atoms with Crippen LogP contribution in [0.3, 0.4) is 0 Å². The van der Waals surface area contributed by atoms with Gasteiger partial charge < -0.3 is 10.1 Å². The molecule has 0 aliphatic rings. The van der Waals surface area contributed by atoms with Crippen LogP contribution in [0.4, 0.5) is 5.69 Å². The highest BCUT2D eigenvalue weighted by Crippen LogP contribution is 2.20. The molecule has 31 heavy (non-hydrogen) atoms. The Hall–Kier alpha value is -3.46. The molecule has 4 rings (SSSR count). The van der Waals surface area contributed by atoms with E-state index in [9.17, 15) is 9.59 Å². The van der Waals surface area contributed by atoms with Crippen molar-refractivity contribution in [3.8, 4) is 5.75 Å². The molecule has 9 heteroatoms. The van der Waals surface area contributed by atoms with Gasteiger partial charge >= 0.3 is 0 Å².